The number of hydrogen-bond donors (Lipinski definition) is 1. The summed E-state index contributed by atoms with van der Waals surface area (Å²) in [5.41, 5.74) is 0.527. The van der Waals surface area contributed by atoms with E-state index in [-0.39, 0.29) is 18.1 Å². The molecular formula is C18H26N2O4. The van der Waals surface area contributed by atoms with E-state index in [0.717, 1.165) is 17.7 Å². The Hall–Kier alpha value is -2.24. The molecule has 1 heterocycles. The monoisotopic (exact) mass is 334 g/mol. The molecule has 2 amide bonds. The quantitative estimate of drug-likeness (QED) is 0.919. The van der Waals surface area contributed by atoms with Crippen LogP contribution in [-0.4, -0.2) is 41.7 Å². The highest BCUT2D eigenvalue weighted by Crippen LogP contribution is 2.21. The lowest BCUT2D eigenvalue weighted by atomic mass is 10.2. The molecule has 6 nitrogen and oxygen atoms in total. The van der Waals surface area contributed by atoms with E-state index in [9.17, 15) is 9.59 Å². The van der Waals surface area contributed by atoms with Gasteiger partial charge in [-0.05, 0) is 38.5 Å². The zero-order valence-electron chi connectivity index (χ0n) is 14.8. The Labute approximate surface area is 143 Å². The molecule has 24 heavy (non-hydrogen) atoms. The third-order valence-corrected chi connectivity index (χ3v) is 3.56. The van der Waals surface area contributed by atoms with Crippen LogP contribution in [0.4, 0.5) is 4.79 Å². The van der Waals surface area contributed by atoms with Crippen molar-refractivity contribution in [3.05, 3.63) is 29.8 Å². The highest BCUT2D eigenvalue weighted by Gasteiger charge is 2.30. The predicted molar refractivity (Wildman–Crippen MR) is 90.8 cm³/mol. The van der Waals surface area contributed by atoms with Crippen LogP contribution >= 0.6 is 0 Å². The molecule has 1 saturated heterocycles. The lowest BCUT2D eigenvalue weighted by molar-refractivity contribution is -0.119. The molecule has 0 aliphatic carbocycles. The van der Waals surface area contributed by atoms with E-state index in [1.165, 1.54) is 6.92 Å². The van der Waals surface area contributed by atoms with E-state index in [1.807, 2.05) is 45.0 Å². The first-order valence-electron chi connectivity index (χ1n) is 8.21. The summed E-state index contributed by atoms with van der Waals surface area (Å²) in [5.74, 6) is 0.709. The maximum Gasteiger partial charge on any atom is 0.410 e. The number of amides is 2. The van der Waals surface area contributed by atoms with Gasteiger partial charge in [-0.1, -0.05) is 12.1 Å². The molecule has 0 spiro atoms. The second kappa shape index (κ2) is 7.55. The Morgan fingerprint density at radius 2 is 1.92 bits per heavy atom. The zero-order valence-corrected chi connectivity index (χ0v) is 14.8. The van der Waals surface area contributed by atoms with Crippen LogP contribution < -0.4 is 10.1 Å². The summed E-state index contributed by atoms with van der Waals surface area (Å²) in [7, 11) is 0. The van der Waals surface area contributed by atoms with Gasteiger partial charge in [-0.25, -0.2) is 4.79 Å². The highest BCUT2D eigenvalue weighted by atomic mass is 16.6. The molecule has 0 saturated carbocycles. The Bertz CT molecular complexity index is 578. The van der Waals surface area contributed by atoms with Gasteiger partial charge in [-0.3, -0.25) is 4.79 Å². The fourth-order valence-electron chi connectivity index (χ4n) is 2.42. The van der Waals surface area contributed by atoms with Gasteiger partial charge >= 0.3 is 6.09 Å². The Balaban J connectivity index is 1.82. The van der Waals surface area contributed by atoms with Crippen LogP contribution in [-0.2, 0) is 16.1 Å². The largest absolute Gasteiger partial charge is 0.489 e. The average Bonchev–Trinajstić information content (AvgIpc) is 2.93. The molecule has 6 heteroatoms. The zero-order chi connectivity index (χ0) is 17.7. The van der Waals surface area contributed by atoms with Crippen LogP contribution in [0.3, 0.4) is 0 Å². The first-order valence-corrected chi connectivity index (χ1v) is 8.21. The van der Waals surface area contributed by atoms with Crippen LogP contribution in [0.1, 0.15) is 39.7 Å². The number of rotatable bonds is 4. The van der Waals surface area contributed by atoms with E-state index < -0.39 is 5.60 Å². The number of nitrogens with zero attached hydrogens (tertiary/aromatic N) is 1. The minimum Gasteiger partial charge on any atom is -0.489 e. The standard InChI is InChI=1S/C18H26N2O4/c1-13(21)19-11-14-5-7-15(8-6-14)23-16-9-10-20(12-16)17(22)24-18(2,3)4/h5-8,16H,9-12H2,1-4H3,(H,19,21)/t16-/m0/s1. The van der Waals surface area contributed by atoms with Crippen LogP contribution in [0.2, 0.25) is 0 Å². The number of carbonyl (C=O) groups is 2. The third kappa shape index (κ3) is 5.76. The number of nitrogens with one attached hydrogen (secondary N) is 1. The maximum absolute atomic E-state index is 12.0. The highest BCUT2D eigenvalue weighted by molar-refractivity contribution is 5.72. The van der Waals surface area contributed by atoms with E-state index in [1.54, 1.807) is 4.90 Å². The van der Waals surface area contributed by atoms with E-state index in [0.29, 0.717) is 19.6 Å². The number of benzene rings is 1. The van der Waals surface area contributed by atoms with Crippen molar-refractivity contribution in [1.82, 2.24) is 10.2 Å². The van der Waals surface area contributed by atoms with Crippen LogP contribution in [0, 0.1) is 0 Å². The van der Waals surface area contributed by atoms with Gasteiger partial charge in [0.15, 0.2) is 0 Å². The average molecular weight is 334 g/mol. The molecule has 1 atom stereocenters. The second-order valence-corrected chi connectivity index (χ2v) is 7.01. The van der Waals surface area contributed by atoms with Crippen molar-refractivity contribution in [2.75, 3.05) is 13.1 Å². The van der Waals surface area contributed by atoms with Crippen molar-refractivity contribution >= 4 is 12.0 Å². The minimum absolute atomic E-state index is 0.0290. The molecule has 0 unspecified atom stereocenters. The molecular weight excluding hydrogens is 308 g/mol. The van der Waals surface area contributed by atoms with Crippen molar-refractivity contribution in [3.8, 4) is 5.75 Å². The number of likely N-dealkylation sites (tertiary alicyclic amines) is 1. The number of carbonyl (C=O) groups excluding carboxylic acids is 2. The van der Waals surface area contributed by atoms with Gasteiger partial charge in [0.05, 0.1) is 6.54 Å². The summed E-state index contributed by atoms with van der Waals surface area (Å²) in [6, 6.07) is 7.61. The molecule has 1 aromatic rings. The second-order valence-electron chi connectivity index (χ2n) is 7.01. The first kappa shape index (κ1) is 18.1. The fraction of sp³-hybridized carbons (Fsp3) is 0.556. The number of ether oxygens (including phenoxy) is 2. The summed E-state index contributed by atoms with van der Waals surface area (Å²) in [6.45, 7) is 8.74. The van der Waals surface area contributed by atoms with Crippen molar-refractivity contribution in [1.29, 1.82) is 0 Å². The summed E-state index contributed by atoms with van der Waals surface area (Å²) in [4.78, 5) is 24.6. The smallest absolute Gasteiger partial charge is 0.410 e. The normalized spacial score (nSPS) is 17.5. The molecule has 1 aliphatic rings. The van der Waals surface area contributed by atoms with Gasteiger partial charge in [0, 0.05) is 26.4 Å². The molecule has 0 aromatic heterocycles. The van der Waals surface area contributed by atoms with Crippen LogP contribution in [0.25, 0.3) is 0 Å². The van der Waals surface area contributed by atoms with Crippen LogP contribution in [0.15, 0.2) is 24.3 Å². The van der Waals surface area contributed by atoms with Crippen LogP contribution in [0.5, 0.6) is 5.75 Å². The molecule has 2 rings (SSSR count). The summed E-state index contributed by atoms with van der Waals surface area (Å²) in [6.07, 6.45) is 0.463. The topological polar surface area (TPSA) is 67.9 Å². The van der Waals surface area contributed by atoms with Gasteiger partial charge in [0.1, 0.15) is 17.5 Å². The first-order chi connectivity index (χ1) is 11.2. The molecule has 0 radical (unpaired) electrons. The van der Waals surface area contributed by atoms with Gasteiger partial charge < -0.3 is 19.7 Å². The predicted octanol–water partition coefficient (Wildman–Crippen LogP) is 2.71. The van der Waals surface area contributed by atoms with Crippen molar-refractivity contribution in [3.63, 3.8) is 0 Å². The maximum atomic E-state index is 12.0. The lowest BCUT2D eigenvalue weighted by Crippen LogP contribution is -2.36. The Morgan fingerprint density at radius 3 is 2.50 bits per heavy atom. The summed E-state index contributed by atoms with van der Waals surface area (Å²) in [5, 5.41) is 2.75. The van der Waals surface area contributed by atoms with E-state index in [4.69, 9.17) is 9.47 Å². The third-order valence-electron chi connectivity index (χ3n) is 3.56. The van der Waals surface area contributed by atoms with Gasteiger partial charge in [0.25, 0.3) is 0 Å². The lowest BCUT2D eigenvalue weighted by Gasteiger charge is -2.24. The van der Waals surface area contributed by atoms with Crippen molar-refractivity contribution in [2.24, 2.45) is 0 Å². The Kier molecular flexibility index (Phi) is 5.70. The minimum atomic E-state index is -0.486. The molecule has 132 valence electrons. The molecule has 0 bridgehead atoms. The summed E-state index contributed by atoms with van der Waals surface area (Å²) >= 11 is 0. The molecule has 1 aromatic carbocycles. The van der Waals surface area contributed by atoms with E-state index in [2.05, 4.69) is 5.32 Å². The molecule has 1 aliphatic heterocycles. The van der Waals surface area contributed by atoms with Gasteiger partial charge in [-0.2, -0.15) is 0 Å². The molecule has 1 fully saturated rings. The summed E-state index contributed by atoms with van der Waals surface area (Å²) < 4.78 is 11.3. The van der Waals surface area contributed by atoms with Gasteiger partial charge in [0.2, 0.25) is 5.91 Å². The van der Waals surface area contributed by atoms with Gasteiger partial charge in [-0.15, -0.1) is 0 Å². The van der Waals surface area contributed by atoms with Crippen molar-refractivity contribution in [2.45, 2.75) is 52.4 Å². The SMILES string of the molecule is CC(=O)NCc1ccc(O[C@H]2CCN(C(=O)OC(C)(C)C)C2)cc1. The van der Waals surface area contributed by atoms with Crippen molar-refractivity contribution < 1.29 is 19.1 Å². The Morgan fingerprint density at radius 1 is 1.25 bits per heavy atom. The van der Waals surface area contributed by atoms with E-state index >= 15 is 0 Å². The fourth-order valence-corrected chi connectivity index (χ4v) is 2.42. The number of hydrogen-bond acceptors (Lipinski definition) is 4. The molecule has 1 N–H and O–H groups in total.